The Hall–Kier alpha value is -0.500. The van der Waals surface area contributed by atoms with Crippen molar-refractivity contribution in [2.24, 2.45) is 0 Å². The average Bonchev–Trinajstić information content (AvgIpc) is 2.14. The lowest BCUT2D eigenvalue weighted by molar-refractivity contribution is 0.950. The number of hydrogen-bond donors (Lipinski definition) is 0. The van der Waals surface area contributed by atoms with Crippen molar-refractivity contribution < 1.29 is 0 Å². The summed E-state index contributed by atoms with van der Waals surface area (Å²) in [6.07, 6.45) is 5.11. The van der Waals surface area contributed by atoms with Gasteiger partial charge in [0.1, 0.15) is 12.0 Å². The van der Waals surface area contributed by atoms with Crippen molar-refractivity contribution in [1.29, 1.82) is 0 Å². The van der Waals surface area contributed by atoms with Crippen molar-refractivity contribution >= 4 is 11.8 Å². The molecule has 0 bridgehead atoms. The lowest BCUT2D eigenvalue weighted by Crippen LogP contribution is -1.87. The lowest BCUT2D eigenvalue weighted by atomic mass is 10.5. The summed E-state index contributed by atoms with van der Waals surface area (Å²) in [6.45, 7) is 2.00. The van der Waals surface area contributed by atoms with Gasteiger partial charge in [-0.25, -0.2) is 9.07 Å². The smallest absolute Gasteiger partial charge is 0.124 e. The van der Waals surface area contributed by atoms with Crippen LogP contribution in [0.1, 0.15) is 12.7 Å². The second kappa shape index (κ2) is 2.18. The van der Waals surface area contributed by atoms with Gasteiger partial charge in [-0.05, 0) is 0 Å². The molecule has 3 heteroatoms. The molecule has 8 heavy (non-hydrogen) atoms. The fourth-order valence-corrected chi connectivity index (χ4v) is 0.716. The zero-order chi connectivity index (χ0) is 5.98. The molecule has 0 aliphatic carbocycles. The van der Waals surface area contributed by atoms with Gasteiger partial charge < -0.3 is 0 Å². The summed E-state index contributed by atoms with van der Waals surface area (Å²) in [5.74, 6) is 0.853. The Bertz CT molecular complexity index is 171. The molecule has 1 heterocycles. The summed E-state index contributed by atoms with van der Waals surface area (Å²) < 4.78 is 1.38. The number of imidazole rings is 1. The van der Waals surface area contributed by atoms with E-state index in [2.05, 4.69) is 11.2 Å². The molecule has 0 aromatic carbocycles. The molecule has 1 aromatic rings. The normalized spacial score (nSPS) is 9.75. The third kappa shape index (κ3) is 0.842. The van der Waals surface area contributed by atoms with Gasteiger partial charge in [-0.3, -0.25) is 0 Å². The van der Waals surface area contributed by atoms with Crippen LogP contribution in [0, 0.1) is 6.20 Å². The highest BCUT2D eigenvalue weighted by atomic mass is 35.5. The summed E-state index contributed by atoms with van der Waals surface area (Å²) in [5.41, 5.74) is 0. The largest absolute Gasteiger partial charge is 0.240 e. The van der Waals surface area contributed by atoms with Gasteiger partial charge in [0.15, 0.2) is 0 Å². The fourth-order valence-electron chi connectivity index (χ4n) is 0.509. The van der Waals surface area contributed by atoms with Gasteiger partial charge in [0.2, 0.25) is 0 Å². The minimum Gasteiger partial charge on any atom is -0.240 e. The first-order valence-corrected chi connectivity index (χ1v) is 2.79. The fraction of sp³-hybridized carbons (Fsp3) is 0.400. The Morgan fingerprint density at radius 2 is 2.75 bits per heavy atom. The third-order valence-electron chi connectivity index (χ3n) is 0.927. The van der Waals surface area contributed by atoms with Gasteiger partial charge >= 0.3 is 0 Å². The van der Waals surface area contributed by atoms with E-state index in [0.29, 0.717) is 0 Å². The molecule has 0 fully saturated rings. The Morgan fingerprint density at radius 1 is 2.00 bits per heavy atom. The van der Waals surface area contributed by atoms with Crippen LogP contribution < -0.4 is 0 Å². The van der Waals surface area contributed by atoms with Crippen LogP contribution in [0.3, 0.4) is 0 Å². The molecule has 0 unspecified atom stereocenters. The molecule has 0 atom stereocenters. The van der Waals surface area contributed by atoms with Crippen LogP contribution >= 0.6 is 11.8 Å². The van der Waals surface area contributed by atoms with Crippen LogP contribution in [-0.2, 0) is 6.42 Å². The monoisotopic (exact) mass is 129 g/mol. The van der Waals surface area contributed by atoms with Crippen molar-refractivity contribution in [3.63, 3.8) is 0 Å². The molecule has 1 rings (SSSR count). The number of aryl methyl sites for hydroxylation is 1. The first-order chi connectivity index (χ1) is 3.84. The van der Waals surface area contributed by atoms with Gasteiger partial charge in [-0.2, -0.15) is 0 Å². The number of nitrogens with zero attached hydrogens (tertiary/aromatic N) is 2. The number of halogens is 1. The SMILES string of the molecule is CCc1nc[c]n1Cl. The average molecular weight is 130 g/mol. The van der Waals surface area contributed by atoms with Gasteiger partial charge in [0.25, 0.3) is 0 Å². The molecule has 1 radical (unpaired) electrons. The van der Waals surface area contributed by atoms with E-state index in [1.165, 1.54) is 4.09 Å². The minimum absolute atomic E-state index is 0.853. The van der Waals surface area contributed by atoms with Crippen molar-refractivity contribution in [2.45, 2.75) is 13.3 Å². The third-order valence-corrected chi connectivity index (χ3v) is 1.22. The summed E-state index contributed by atoms with van der Waals surface area (Å²) >= 11 is 5.54. The summed E-state index contributed by atoms with van der Waals surface area (Å²) in [4.78, 5) is 3.91. The molecule has 43 valence electrons. The zero-order valence-corrected chi connectivity index (χ0v) is 5.31. The first kappa shape index (κ1) is 5.63. The molecular formula is C5H6ClN2. The summed E-state index contributed by atoms with van der Waals surface area (Å²) in [5, 5.41) is 0. The topological polar surface area (TPSA) is 17.8 Å². The predicted molar refractivity (Wildman–Crippen MR) is 31.7 cm³/mol. The van der Waals surface area contributed by atoms with Gasteiger partial charge in [-0.15, -0.1) is 0 Å². The molecule has 1 aromatic heterocycles. The first-order valence-electron chi connectivity index (χ1n) is 2.45. The lowest BCUT2D eigenvalue weighted by Gasteiger charge is -1.88. The van der Waals surface area contributed by atoms with Crippen LogP contribution in [0.2, 0.25) is 0 Å². The number of aromatic nitrogens is 2. The molecule has 0 saturated heterocycles. The van der Waals surface area contributed by atoms with E-state index in [1.807, 2.05) is 6.92 Å². The van der Waals surface area contributed by atoms with Crippen LogP contribution in [0.25, 0.3) is 0 Å². The zero-order valence-electron chi connectivity index (χ0n) is 4.56. The summed E-state index contributed by atoms with van der Waals surface area (Å²) in [7, 11) is 0. The van der Waals surface area contributed by atoms with Crippen molar-refractivity contribution in [1.82, 2.24) is 9.07 Å². The quantitative estimate of drug-likeness (QED) is 0.558. The molecule has 2 nitrogen and oxygen atoms in total. The number of hydrogen-bond acceptors (Lipinski definition) is 1. The molecule has 0 amide bonds. The van der Waals surface area contributed by atoms with Crippen molar-refractivity contribution in [3.05, 3.63) is 18.2 Å². The van der Waals surface area contributed by atoms with E-state index in [0.717, 1.165) is 12.2 Å². The Morgan fingerprint density at radius 3 is 3.00 bits per heavy atom. The van der Waals surface area contributed by atoms with Crippen LogP contribution in [0.5, 0.6) is 0 Å². The van der Waals surface area contributed by atoms with E-state index < -0.39 is 0 Å². The second-order valence-electron chi connectivity index (χ2n) is 1.44. The summed E-state index contributed by atoms with van der Waals surface area (Å²) in [6, 6.07) is 0. The van der Waals surface area contributed by atoms with Crippen molar-refractivity contribution in [3.8, 4) is 0 Å². The molecule has 0 aliphatic rings. The van der Waals surface area contributed by atoms with Crippen LogP contribution in [-0.4, -0.2) is 9.07 Å². The highest BCUT2D eigenvalue weighted by molar-refractivity contribution is 6.15. The van der Waals surface area contributed by atoms with E-state index in [9.17, 15) is 0 Å². The van der Waals surface area contributed by atoms with E-state index in [4.69, 9.17) is 11.8 Å². The Kier molecular flexibility index (Phi) is 1.53. The van der Waals surface area contributed by atoms with E-state index in [-0.39, 0.29) is 0 Å². The van der Waals surface area contributed by atoms with E-state index in [1.54, 1.807) is 6.20 Å². The second-order valence-corrected chi connectivity index (χ2v) is 1.78. The van der Waals surface area contributed by atoms with Crippen molar-refractivity contribution in [2.75, 3.05) is 0 Å². The molecular weight excluding hydrogens is 124 g/mol. The van der Waals surface area contributed by atoms with Crippen LogP contribution in [0.15, 0.2) is 6.20 Å². The minimum atomic E-state index is 0.853. The maximum Gasteiger partial charge on any atom is 0.124 e. The molecule has 0 aliphatic heterocycles. The van der Waals surface area contributed by atoms with Crippen LogP contribution in [0.4, 0.5) is 0 Å². The standard InChI is InChI=1S/C5H6ClN2/c1-2-5-7-3-4-8(5)6/h3H,2H2,1H3. The van der Waals surface area contributed by atoms with Gasteiger partial charge in [0.05, 0.1) is 6.20 Å². The molecule has 0 spiro atoms. The maximum atomic E-state index is 5.54. The van der Waals surface area contributed by atoms with Gasteiger partial charge in [0, 0.05) is 18.2 Å². The molecule has 0 N–H and O–H groups in total. The predicted octanol–water partition coefficient (Wildman–Crippen LogP) is 1.25. The highest BCUT2D eigenvalue weighted by Crippen LogP contribution is 1.97. The van der Waals surface area contributed by atoms with E-state index >= 15 is 0 Å². The Labute approximate surface area is 53.2 Å². The Balaban J connectivity index is 2.92. The maximum absolute atomic E-state index is 5.54. The molecule has 0 saturated carbocycles. The van der Waals surface area contributed by atoms with Gasteiger partial charge in [-0.1, -0.05) is 6.92 Å². The highest BCUT2D eigenvalue weighted by Gasteiger charge is 1.93. The number of rotatable bonds is 1.